The monoisotopic (exact) mass is 410 g/mol. The predicted molar refractivity (Wildman–Crippen MR) is 122 cm³/mol. The van der Waals surface area contributed by atoms with Gasteiger partial charge >= 0.3 is 6.17 Å². The highest BCUT2D eigenvalue weighted by Gasteiger charge is 2.33. The van der Waals surface area contributed by atoms with Crippen molar-refractivity contribution in [1.82, 2.24) is 0 Å². The number of hydrogen-bond donors (Lipinski definition) is 0. The second kappa shape index (κ2) is 8.59. The first-order valence-electron chi connectivity index (χ1n) is 9.67. The van der Waals surface area contributed by atoms with Crippen LogP contribution in [0.15, 0.2) is 103 Å². The van der Waals surface area contributed by atoms with Gasteiger partial charge in [0.25, 0.3) is 0 Å². The van der Waals surface area contributed by atoms with Gasteiger partial charge in [0.15, 0.2) is 0 Å². The van der Waals surface area contributed by atoms with E-state index in [-0.39, 0.29) is 5.56 Å². The number of rotatable bonds is 3. The molecule has 0 aliphatic heterocycles. The van der Waals surface area contributed by atoms with Gasteiger partial charge < -0.3 is 0 Å². The Labute approximate surface area is 177 Å². The lowest BCUT2D eigenvalue weighted by molar-refractivity contribution is -0.752. The van der Waals surface area contributed by atoms with Gasteiger partial charge in [-0.05, 0) is 56.6 Å². The van der Waals surface area contributed by atoms with Crippen LogP contribution in [0.1, 0.15) is 11.7 Å². The van der Waals surface area contributed by atoms with Crippen LogP contribution in [0.3, 0.4) is 0 Å². The van der Waals surface area contributed by atoms with Crippen LogP contribution in [0.4, 0.5) is 0 Å². The van der Waals surface area contributed by atoms with E-state index in [0.717, 1.165) is 0 Å². The average molecular weight is 410 g/mol. The van der Waals surface area contributed by atoms with Gasteiger partial charge in [0.2, 0.25) is 0 Å². The lowest BCUT2D eigenvalue weighted by Crippen LogP contribution is -2.19. The minimum Gasteiger partial charge on any atom is -0.258 e. The van der Waals surface area contributed by atoms with E-state index in [2.05, 4.69) is 72.8 Å². The molecule has 0 unspecified atom stereocenters. The standard InChI is InChI=1S/C18H12.C7H6N2O4/c1-2-7-15-12-18-16(11-14(15)6-1)10-9-13-5-3-4-8-17(13)18;10-8(11)7(9(12)13)6-4-2-1-3-5-6/h1-12H;1-5,7H. The van der Waals surface area contributed by atoms with E-state index in [9.17, 15) is 20.2 Å². The van der Waals surface area contributed by atoms with Gasteiger partial charge in [-0.2, -0.15) is 0 Å². The highest BCUT2D eigenvalue weighted by atomic mass is 16.7. The maximum absolute atomic E-state index is 10.3. The summed E-state index contributed by atoms with van der Waals surface area (Å²) in [5.74, 6) is 0. The Kier molecular flexibility index (Phi) is 5.53. The Bertz CT molecular complexity index is 1380. The maximum atomic E-state index is 10.3. The zero-order valence-electron chi connectivity index (χ0n) is 16.4. The molecule has 0 N–H and O–H groups in total. The lowest BCUT2D eigenvalue weighted by atomic mass is 9.98. The fraction of sp³-hybridized carbons (Fsp3) is 0.0400. The second-order valence-electron chi connectivity index (χ2n) is 7.06. The maximum Gasteiger partial charge on any atom is 0.476 e. The minimum absolute atomic E-state index is 0.0810. The molecule has 5 rings (SSSR count). The van der Waals surface area contributed by atoms with E-state index in [1.807, 2.05) is 0 Å². The Morgan fingerprint density at radius 1 is 0.516 bits per heavy atom. The van der Waals surface area contributed by atoms with Gasteiger partial charge in [0, 0.05) is 0 Å². The number of benzene rings is 5. The van der Waals surface area contributed by atoms with Gasteiger partial charge in [-0.3, -0.25) is 20.2 Å². The number of hydrogen-bond acceptors (Lipinski definition) is 4. The van der Waals surface area contributed by atoms with Crippen molar-refractivity contribution >= 4 is 32.3 Å². The van der Waals surface area contributed by atoms with Crippen molar-refractivity contribution in [1.29, 1.82) is 0 Å². The molecule has 0 saturated carbocycles. The molecule has 6 heteroatoms. The smallest absolute Gasteiger partial charge is 0.258 e. The third-order valence-corrected chi connectivity index (χ3v) is 5.11. The second-order valence-corrected chi connectivity index (χ2v) is 7.06. The SMILES string of the molecule is O=[N+]([O-])C(c1ccccc1)[N+](=O)[O-].c1ccc2cc3c(ccc4ccccc43)cc2c1. The minimum atomic E-state index is -1.86. The molecule has 31 heavy (non-hydrogen) atoms. The molecule has 6 nitrogen and oxygen atoms in total. The average Bonchev–Trinajstić information content (AvgIpc) is 2.78. The highest BCUT2D eigenvalue weighted by Crippen LogP contribution is 2.29. The van der Waals surface area contributed by atoms with E-state index < -0.39 is 16.0 Å². The largest absolute Gasteiger partial charge is 0.476 e. The summed E-state index contributed by atoms with van der Waals surface area (Å²) in [6, 6.07) is 33.5. The molecule has 0 aliphatic rings. The van der Waals surface area contributed by atoms with Crippen molar-refractivity contribution in [2.24, 2.45) is 0 Å². The Hall–Kier alpha value is -4.32. The van der Waals surface area contributed by atoms with Crippen LogP contribution in [0.2, 0.25) is 0 Å². The van der Waals surface area contributed by atoms with E-state index in [1.165, 1.54) is 56.6 Å². The molecular weight excluding hydrogens is 392 g/mol. The first-order valence-corrected chi connectivity index (χ1v) is 9.67. The Morgan fingerprint density at radius 2 is 1.03 bits per heavy atom. The first kappa shape index (κ1) is 20.0. The number of nitrogens with zero attached hydrogens (tertiary/aromatic N) is 2. The van der Waals surface area contributed by atoms with Crippen molar-refractivity contribution < 1.29 is 9.85 Å². The lowest BCUT2D eigenvalue weighted by Gasteiger charge is -2.06. The molecule has 0 aliphatic carbocycles. The summed E-state index contributed by atoms with van der Waals surface area (Å²) in [6.45, 7) is 0. The molecule has 0 saturated heterocycles. The molecule has 0 spiro atoms. The molecule has 0 bridgehead atoms. The fourth-order valence-electron chi connectivity index (χ4n) is 3.64. The normalized spacial score (nSPS) is 10.7. The third-order valence-electron chi connectivity index (χ3n) is 5.11. The van der Waals surface area contributed by atoms with Gasteiger partial charge in [-0.25, -0.2) is 0 Å². The van der Waals surface area contributed by atoms with Crippen LogP contribution >= 0.6 is 0 Å². The first-order chi connectivity index (χ1) is 15.0. The highest BCUT2D eigenvalue weighted by molar-refractivity contribution is 6.11. The molecule has 5 aromatic rings. The van der Waals surface area contributed by atoms with Crippen LogP contribution < -0.4 is 0 Å². The summed E-state index contributed by atoms with van der Waals surface area (Å²) >= 11 is 0. The van der Waals surface area contributed by atoms with Crippen LogP contribution in [0, 0.1) is 20.2 Å². The molecule has 152 valence electrons. The van der Waals surface area contributed by atoms with Crippen LogP contribution in [0.5, 0.6) is 0 Å². The topological polar surface area (TPSA) is 86.3 Å². The van der Waals surface area contributed by atoms with Gasteiger partial charge in [0.05, 0.1) is 0 Å². The van der Waals surface area contributed by atoms with Gasteiger partial charge in [-0.15, -0.1) is 0 Å². The Balaban J connectivity index is 0.000000159. The van der Waals surface area contributed by atoms with Crippen molar-refractivity contribution in [2.75, 3.05) is 0 Å². The summed E-state index contributed by atoms with van der Waals surface area (Å²) in [4.78, 5) is 18.8. The van der Waals surface area contributed by atoms with Crippen molar-refractivity contribution in [3.8, 4) is 0 Å². The van der Waals surface area contributed by atoms with Crippen LogP contribution in [0.25, 0.3) is 32.3 Å². The van der Waals surface area contributed by atoms with Crippen LogP contribution in [-0.4, -0.2) is 9.85 Å². The predicted octanol–water partition coefficient (Wildman–Crippen LogP) is 6.38. The molecule has 0 aromatic heterocycles. The molecule has 5 aromatic carbocycles. The summed E-state index contributed by atoms with van der Waals surface area (Å²) in [6.07, 6.45) is -1.86. The van der Waals surface area contributed by atoms with E-state index in [1.54, 1.807) is 6.07 Å². The molecule has 0 atom stereocenters. The summed E-state index contributed by atoms with van der Waals surface area (Å²) in [5, 5.41) is 28.5. The van der Waals surface area contributed by atoms with Crippen LogP contribution in [-0.2, 0) is 0 Å². The zero-order valence-corrected chi connectivity index (χ0v) is 16.4. The van der Waals surface area contributed by atoms with Crippen molar-refractivity contribution in [2.45, 2.75) is 6.17 Å². The Morgan fingerprint density at radius 3 is 1.68 bits per heavy atom. The van der Waals surface area contributed by atoms with E-state index in [4.69, 9.17) is 0 Å². The van der Waals surface area contributed by atoms with E-state index in [0.29, 0.717) is 0 Å². The number of fused-ring (bicyclic) bond motifs is 4. The number of nitro groups is 2. The van der Waals surface area contributed by atoms with Crippen molar-refractivity contribution in [3.05, 3.63) is 129 Å². The summed E-state index contributed by atoms with van der Waals surface area (Å²) in [7, 11) is 0. The third kappa shape index (κ3) is 4.18. The van der Waals surface area contributed by atoms with Gasteiger partial charge in [-0.1, -0.05) is 78.9 Å². The fourth-order valence-corrected chi connectivity index (χ4v) is 3.64. The van der Waals surface area contributed by atoms with Crippen molar-refractivity contribution in [3.63, 3.8) is 0 Å². The quantitative estimate of drug-likeness (QED) is 0.113. The molecular formula is C25H18N2O4. The zero-order chi connectivity index (χ0) is 21.8. The summed E-state index contributed by atoms with van der Waals surface area (Å²) < 4.78 is 0. The molecule has 0 radical (unpaired) electrons. The van der Waals surface area contributed by atoms with Gasteiger partial charge in [0.1, 0.15) is 15.4 Å². The molecule has 0 amide bonds. The van der Waals surface area contributed by atoms with E-state index >= 15 is 0 Å². The molecule has 0 fully saturated rings. The summed E-state index contributed by atoms with van der Waals surface area (Å²) in [5.41, 5.74) is 0.0810. The molecule has 0 heterocycles.